The van der Waals surface area contributed by atoms with Crippen molar-refractivity contribution in [3.05, 3.63) is 48.6 Å². The molecule has 0 aromatic heterocycles. The third-order valence-electron chi connectivity index (χ3n) is 9.12. The summed E-state index contributed by atoms with van der Waals surface area (Å²) in [6.07, 6.45) is 45.9. The summed E-state index contributed by atoms with van der Waals surface area (Å²) in [5.41, 5.74) is 5.35. The molecule has 0 saturated heterocycles. The highest BCUT2D eigenvalue weighted by molar-refractivity contribution is 7.47. The van der Waals surface area contributed by atoms with E-state index in [-0.39, 0.29) is 13.0 Å². The Hall–Kier alpha value is -2.07. The summed E-state index contributed by atoms with van der Waals surface area (Å²) in [7, 11) is -4.61. The Morgan fingerprint density at radius 3 is 1.58 bits per heavy atom. The molecule has 55 heavy (non-hydrogen) atoms. The Kier molecular flexibility index (Phi) is 38.6. The van der Waals surface area contributed by atoms with Crippen molar-refractivity contribution in [2.75, 3.05) is 26.4 Å². The van der Waals surface area contributed by atoms with Gasteiger partial charge in [-0.05, 0) is 51.4 Å². The first-order valence-corrected chi connectivity index (χ1v) is 23.2. The molecule has 0 amide bonds. The molecule has 0 bridgehead atoms. The summed E-state index contributed by atoms with van der Waals surface area (Å²) >= 11 is 0. The van der Waals surface area contributed by atoms with Gasteiger partial charge >= 0.3 is 19.8 Å². The predicted octanol–water partition coefficient (Wildman–Crippen LogP) is 11.9. The van der Waals surface area contributed by atoms with E-state index in [1.807, 2.05) is 0 Å². The molecule has 3 unspecified atom stereocenters. The molecule has 10 nitrogen and oxygen atoms in total. The summed E-state index contributed by atoms with van der Waals surface area (Å²) in [6, 6.07) is -1.47. The number of aliphatic carboxylic acids is 1. The quantitative estimate of drug-likeness (QED) is 0.0236. The molecule has 0 aliphatic carbocycles. The minimum absolute atomic E-state index is 0.0134. The van der Waals surface area contributed by atoms with Crippen molar-refractivity contribution < 1.29 is 42.7 Å². The molecule has 0 heterocycles. The van der Waals surface area contributed by atoms with Gasteiger partial charge in [0.15, 0.2) is 0 Å². The fraction of sp³-hybridized carbons (Fsp3) is 0.773. The third kappa shape index (κ3) is 39.9. The Morgan fingerprint density at radius 1 is 0.600 bits per heavy atom. The van der Waals surface area contributed by atoms with Crippen molar-refractivity contribution in [1.29, 1.82) is 0 Å². The first-order chi connectivity index (χ1) is 26.7. The summed E-state index contributed by atoms with van der Waals surface area (Å²) < 4.78 is 33.3. The van der Waals surface area contributed by atoms with Crippen molar-refractivity contribution in [1.82, 2.24) is 0 Å². The lowest BCUT2D eigenvalue weighted by Gasteiger charge is -2.20. The lowest BCUT2D eigenvalue weighted by molar-refractivity contribution is -0.154. The summed E-state index contributed by atoms with van der Waals surface area (Å²) in [6.45, 7) is 3.74. The van der Waals surface area contributed by atoms with Crippen LogP contribution in [0.25, 0.3) is 0 Å². The van der Waals surface area contributed by atoms with E-state index in [4.69, 9.17) is 29.4 Å². The maximum Gasteiger partial charge on any atom is 0.472 e. The van der Waals surface area contributed by atoms with Crippen LogP contribution in [0.2, 0.25) is 0 Å². The topological polar surface area (TPSA) is 155 Å². The van der Waals surface area contributed by atoms with Crippen molar-refractivity contribution in [3.63, 3.8) is 0 Å². The van der Waals surface area contributed by atoms with Crippen LogP contribution in [0.4, 0.5) is 0 Å². The van der Waals surface area contributed by atoms with Gasteiger partial charge in [-0.25, -0.2) is 4.57 Å². The van der Waals surface area contributed by atoms with Gasteiger partial charge in [0.25, 0.3) is 0 Å². The van der Waals surface area contributed by atoms with Crippen LogP contribution < -0.4 is 5.73 Å². The second-order valence-corrected chi connectivity index (χ2v) is 15.9. The number of hydrogen-bond acceptors (Lipinski definition) is 8. The zero-order valence-corrected chi connectivity index (χ0v) is 35.7. The molecule has 320 valence electrons. The van der Waals surface area contributed by atoms with Crippen LogP contribution in [-0.4, -0.2) is 60.5 Å². The Labute approximate surface area is 335 Å². The second-order valence-electron chi connectivity index (χ2n) is 14.4. The van der Waals surface area contributed by atoms with E-state index in [9.17, 15) is 19.0 Å². The van der Waals surface area contributed by atoms with Crippen molar-refractivity contribution >= 4 is 19.8 Å². The van der Waals surface area contributed by atoms with E-state index in [0.717, 1.165) is 70.6 Å². The fourth-order valence-electron chi connectivity index (χ4n) is 5.77. The van der Waals surface area contributed by atoms with Gasteiger partial charge < -0.3 is 25.2 Å². The fourth-order valence-corrected chi connectivity index (χ4v) is 6.55. The smallest absolute Gasteiger partial charge is 0.472 e. The summed E-state index contributed by atoms with van der Waals surface area (Å²) in [4.78, 5) is 33.5. The number of allylic oxidation sites excluding steroid dienone is 8. The van der Waals surface area contributed by atoms with E-state index < -0.39 is 45.1 Å². The van der Waals surface area contributed by atoms with Crippen molar-refractivity contribution in [3.8, 4) is 0 Å². The van der Waals surface area contributed by atoms with Crippen molar-refractivity contribution in [2.24, 2.45) is 5.73 Å². The van der Waals surface area contributed by atoms with E-state index in [2.05, 4.69) is 62.5 Å². The van der Waals surface area contributed by atoms with Gasteiger partial charge in [0.05, 0.1) is 19.8 Å². The third-order valence-corrected chi connectivity index (χ3v) is 10.1. The molecule has 0 aliphatic rings. The normalized spacial score (nSPS) is 14.4. The molecule has 0 radical (unpaired) electrons. The second kappa shape index (κ2) is 40.1. The summed E-state index contributed by atoms with van der Waals surface area (Å²) in [5.74, 6) is -1.78. The Bertz CT molecular complexity index is 1060. The Morgan fingerprint density at radius 2 is 1.05 bits per heavy atom. The van der Waals surface area contributed by atoms with E-state index in [1.165, 1.54) is 83.5 Å². The number of carboxylic acid groups (broad SMARTS) is 1. The average Bonchev–Trinajstić information content (AvgIpc) is 3.16. The number of carbonyl (C=O) groups excluding carboxylic acids is 1. The first kappa shape index (κ1) is 52.9. The number of hydrogen-bond donors (Lipinski definition) is 3. The van der Waals surface area contributed by atoms with Crippen LogP contribution in [-0.2, 0) is 32.7 Å². The van der Waals surface area contributed by atoms with Gasteiger partial charge in [-0.2, -0.15) is 0 Å². The van der Waals surface area contributed by atoms with Crippen LogP contribution in [0, 0.1) is 0 Å². The minimum atomic E-state index is -4.61. The van der Waals surface area contributed by atoms with E-state index in [1.54, 1.807) is 0 Å². The van der Waals surface area contributed by atoms with Gasteiger partial charge in [0.2, 0.25) is 0 Å². The van der Waals surface area contributed by atoms with Crippen LogP contribution in [0.15, 0.2) is 48.6 Å². The molecule has 4 N–H and O–H groups in total. The molecule has 0 rings (SSSR count). The van der Waals surface area contributed by atoms with Gasteiger partial charge in [0, 0.05) is 13.0 Å². The first-order valence-electron chi connectivity index (χ1n) is 21.7. The number of esters is 1. The lowest BCUT2D eigenvalue weighted by atomic mass is 10.1. The highest BCUT2D eigenvalue weighted by atomic mass is 31.2. The SMILES string of the molecule is CC/C=C\C/C=C\C/C=C\C/C=C\CCCCCCCCCCCOCC(COP(=O)(O)OCC(N)C(=O)O)OC(=O)CCCCCCCCCCCCC. The van der Waals surface area contributed by atoms with E-state index >= 15 is 0 Å². The number of carbonyl (C=O) groups is 2. The molecule has 3 atom stereocenters. The lowest BCUT2D eigenvalue weighted by Crippen LogP contribution is -2.34. The molecule has 0 spiro atoms. The highest BCUT2D eigenvalue weighted by Gasteiger charge is 2.27. The zero-order chi connectivity index (χ0) is 40.5. The van der Waals surface area contributed by atoms with Gasteiger partial charge in [-0.15, -0.1) is 0 Å². The van der Waals surface area contributed by atoms with Gasteiger partial charge in [-0.1, -0.05) is 172 Å². The molecular weight excluding hydrogens is 717 g/mol. The number of phosphoric ester groups is 1. The number of phosphoric acid groups is 1. The predicted molar refractivity (Wildman–Crippen MR) is 226 cm³/mol. The highest BCUT2D eigenvalue weighted by Crippen LogP contribution is 2.43. The molecular formula is C44H80NO9P. The molecule has 0 saturated carbocycles. The largest absolute Gasteiger partial charge is 0.480 e. The van der Waals surface area contributed by atoms with Gasteiger partial charge in [-0.3, -0.25) is 18.6 Å². The number of unbranched alkanes of at least 4 members (excludes halogenated alkanes) is 19. The molecule has 0 aromatic rings. The maximum absolute atomic E-state index is 12.6. The maximum atomic E-state index is 12.6. The zero-order valence-electron chi connectivity index (χ0n) is 34.8. The van der Waals surface area contributed by atoms with Crippen LogP contribution in [0.3, 0.4) is 0 Å². The number of carboxylic acids is 1. The summed E-state index contributed by atoms with van der Waals surface area (Å²) in [5, 5.41) is 8.88. The van der Waals surface area contributed by atoms with E-state index in [0.29, 0.717) is 13.0 Å². The monoisotopic (exact) mass is 798 g/mol. The number of nitrogens with two attached hydrogens (primary N) is 1. The minimum Gasteiger partial charge on any atom is -0.480 e. The molecule has 0 aliphatic heterocycles. The van der Waals surface area contributed by atoms with Crippen LogP contribution >= 0.6 is 7.82 Å². The average molecular weight is 798 g/mol. The number of rotatable bonds is 41. The Balaban J connectivity index is 4.17. The standard InChI is InChI=1S/C44H80NO9P/c1-3-5-7-9-11-13-15-16-17-18-19-20-21-22-23-24-25-27-29-31-33-35-37-51-38-41(39-52-55(49,50)53-40-42(45)44(47)48)54-43(46)36-34-32-30-28-26-14-12-10-8-6-4-2/h5,7,11,13,16-17,19-20,41-42H,3-4,6,8-10,12,14-15,18,21-40,45H2,1-2H3,(H,47,48)(H,49,50)/b7-5-,13-11-,17-16-,20-19-. The van der Waals surface area contributed by atoms with Crippen LogP contribution in [0.5, 0.6) is 0 Å². The van der Waals surface area contributed by atoms with Crippen LogP contribution in [0.1, 0.15) is 181 Å². The van der Waals surface area contributed by atoms with Crippen molar-refractivity contribution in [2.45, 2.75) is 193 Å². The molecule has 0 fully saturated rings. The molecule has 11 heteroatoms. The molecule has 0 aromatic carbocycles. The van der Waals surface area contributed by atoms with Gasteiger partial charge in [0.1, 0.15) is 12.1 Å². The number of ether oxygens (including phenoxy) is 2.